The first-order valence-corrected chi connectivity index (χ1v) is 7.98. The molecule has 0 radical (unpaired) electrons. The predicted molar refractivity (Wildman–Crippen MR) is 87.8 cm³/mol. The number of benzene rings is 2. The maximum Gasteiger partial charge on any atom is 0.174 e. The first kappa shape index (κ1) is 16.1. The van der Waals surface area contributed by atoms with Crippen LogP contribution in [0.4, 0.5) is 8.78 Å². The molecule has 1 aliphatic rings. The van der Waals surface area contributed by atoms with Crippen LogP contribution in [-0.2, 0) is 4.74 Å². The van der Waals surface area contributed by atoms with Gasteiger partial charge >= 0.3 is 0 Å². The zero-order valence-corrected chi connectivity index (χ0v) is 13.7. The van der Waals surface area contributed by atoms with Crippen LogP contribution >= 0.6 is 11.6 Å². The summed E-state index contributed by atoms with van der Waals surface area (Å²) in [7, 11) is 0. The van der Waals surface area contributed by atoms with Gasteiger partial charge in [-0.3, -0.25) is 0 Å². The molecule has 1 atom stereocenters. The number of halogens is 3. The Bertz CT molecular complexity index is 786. The molecule has 1 unspecified atom stereocenters. The zero-order chi connectivity index (χ0) is 16.6. The molecule has 2 nitrogen and oxygen atoms in total. The van der Waals surface area contributed by atoms with Crippen LogP contribution in [0.5, 0.6) is 5.75 Å². The molecule has 5 heteroatoms. The summed E-state index contributed by atoms with van der Waals surface area (Å²) in [5, 5.41) is 0.354. The summed E-state index contributed by atoms with van der Waals surface area (Å²) < 4.78 is 39.9. The van der Waals surface area contributed by atoms with Crippen LogP contribution in [0.2, 0.25) is 5.02 Å². The summed E-state index contributed by atoms with van der Waals surface area (Å²) in [5.41, 5.74) is 1.09. The van der Waals surface area contributed by atoms with Gasteiger partial charge in [0.2, 0.25) is 0 Å². The smallest absolute Gasteiger partial charge is 0.174 e. The van der Waals surface area contributed by atoms with Crippen LogP contribution in [-0.4, -0.2) is 12.7 Å². The van der Waals surface area contributed by atoms with Gasteiger partial charge in [-0.25, -0.2) is 8.78 Å². The Morgan fingerprint density at radius 2 is 2.09 bits per heavy atom. The van der Waals surface area contributed by atoms with Crippen LogP contribution in [0.3, 0.4) is 0 Å². The standard InChI is InChI=1S/C18H17ClF2O2/c1-3-22-14-7-6-11-8-13(12-5-4-10(2)23-9-12)17(20)16(19)15(11)18(14)21/h6-10H,3-5H2,1-2H3. The second-order valence-electron chi connectivity index (χ2n) is 5.59. The molecular formula is C18H17ClF2O2. The minimum absolute atomic E-state index is 0.0459. The molecule has 0 aliphatic carbocycles. The fraction of sp³-hybridized carbons (Fsp3) is 0.333. The predicted octanol–water partition coefficient (Wildman–Crippen LogP) is 5.71. The summed E-state index contributed by atoms with van der Waals surface area (Å²) in [4.78, 5) is 0. The van der Waals surface area contributed by atoms with E-state index in [0.29, 0.717) is 24.0 Å². The number of allylic oxidation sites excluding steroid dienone is 1. The molecule has 122 valence electrons. The monoisotopic (exact) mass is 338 g/mol. The first-order valence-electron chi connectivity index (χ1n) is 7.60. The zero-order valence-electron chi connectivity index (χ0n) is 13.0. The highest BCUT2D eigenvalue weighted by molar-refractivity contribution is 6.36. The number of fused-ring (bicyclic) bond motifs is 1. The molecule has 0 saturated heterocycles. The van der Waals surface area contributed by atoms with Crippen LogP contribution in [0.15, 0.2) is 24.5 Å². The summed E-state index contributed by atoms with van der Waals surface area (Å²) in [6.45, 7) is 4.04. The lowest BCUT2D eigenvalue weighted by Crippen LogP contribution is -2.10. The average molecular weight is 339 g/mol. The molecule has 0 aromatic heterocycles. The van der Waals surface area contributed by atoms with Crippen molar-refractivity contribution in [2.24, 2.45) is 0 Å². The van der Waals surface area contributed by atoms with Crippen molar-refractivity contribution in [3.8, 4) is 5.75 Å². The molecule has 0 N–H and O–H groups in total. The Morgan fingerprint density at radius 3 is 2.74 bits per heavy atom. The molecule has 1 heterocycles. The van der Waals surface area contributed by atoms with Gasteiger partial charge in [-0.15, -0.1) is 0 Å². The van der Waals surface area contributed by atoms with E-state index in [4.69, 9.17) is 21.1 Å². The van der Waals surface area contributed by atoms with Gasteiger partial charge in [-0.1, -0.05) is 17.7 Å². The van der Waals surface area contributed by atoms with Gasteiger partial charge in [0, 0.05) is 10.9 Å². The minimum atomic E-state index is -0.637. The van der Waals surface area contributed by atoms with E-state index in [1.54, 1.807) is 25.3 Å². The van der Waals surface area contributed by atoms with E-state index in [-0.39, 0.29) is 22.3 Å². The molecule has 23 heavy (non-hydrogen) atoms. The van der Waals surface area contributed by atoms with Crippen molar-refractivity contribution >= 4 is 27.9 Å². The van der Waals surface area contributed by atoms with E-state index in [2.05, 4.69) is 0 Å². The Kier molecular flexibility index (Phi) is 4.44. The van der Waals surface area contributed by atoms with Gasteiger partial charge < -0.3 is 9.47 Å². The summed E-state index contributed by atoms with van der Waals surface area (Å²) in [6, 6.07) is 4.83. The highest BCUT2D eigenvalue weighted by Crippen LogP contribution is 2.38. The summed E-state index contributed by atoms with van der Waals surface area (Å²) in [6.07, 6.45) is 3.18. The molecule has 2 aromatic carbocycles. The minimum Gasteiger partial charge on any atom is -0.498 e. The van der Waals surface area contributed by atoms with Crippen LogP contribution in [0, 0.1) is 11.6 Å². The van der Waals surface area contributed by atoms with Crippen molar-refractivity contribution in [2.75, 3.05) is 6.61 Å². The SMILES string of the molecule is CCOc1ccc2cc(C3=COC(C)CC3)c(F)c(Cl)c2c1F. The summed E-state index contributed by atoms with van der Waals surface area (Å²) >= 11 is 6.12. The lowest BCUT2D eigenvalue weighted by atomic mass is 9.95. The molecule has 1 aliphatic heterocycles. The highest BCUT2D eigenvalue weighted by Gasteiger charge is 2.22. The van der Waals surface area contributed by atoms with E-state index in [9.17, 15) is 8.78 Å². The van der Waals surface area contributed by atoms with Gasteiger partial charge in [-0.05, 0) is 49.8 Å². The summed E-state index contributed by atoms with van der Waals surface area (Å²) in [5.74, 6) is -1.19. The Balaban J connectivity index is 2.17. The van der Waals surface area contributed by atoms with E-state index in [1.165, 1.54) is 6.07 Å². The van der Waals surface area contributed by atoms with E-state index >= 15 is 0 Å². The third-order valence-electron chi connectivity index (χ3n) is 4.00. The Hall–Kier alpha value is -1.81. The van der Waals surface area contributed by atoms with Crippen molar-refractivity contribution in [1.29, 1.82) is 0 Å². The second-order valence-corrected chi connectivity index (χ2v) is 5.97. The lowest BCUT2D eigenvalue weighted by molar-refractivity contribution is 0.144. The normalized spacial score (nSPS) is 17.8. The van der Waals surface area contributed by atoms with Gasteiger partial charge in [0.15, 0.2) is 11.6 Å². The van der Waals surface area contributed by atoms with E-state index in [1.807, 2.05) is 6.92 Å². The molecule has 0 bridgehead atoms. The number of hydrogen-bond acceptors (Lipinski definition) is 2. The van der Waals surface area contributed by atoms with Gasteiger partial charge in [0.1, 0.15) is 5.82 Å². The van der Waals surface area contributed by atoms with Crippen LogP contribution in [0.25, 0.3) is 16.3 Å². The quantitative estimate of drug-likeness (QED) is 0.713. The Morgan fingerprint density at radius 1 is 1.30 bits per heavy atom. The third-order valence-corrected chi connectivity index (χ3v) is 4.35. The molecule has 0 fully saturated rings. The maximum absolute atomic E-state index is 14.7. The molecule has 0 saturated carbocycles. The molecule has 2 aromatic rings. The molecule has 3 rings (SSSR count). The number of rotatable bonds is 3. The maximum atomic E-state index is 14.7. The average Bonchev–Trinajstić information content (AvgIpc) is 2.54. The van der Waals surface area contributed by atoms with Gasteiger partial charge in [0.05, 0.1) is 24.0 Å². The van der Waals surface area contributed by atoms with Crippen LogP contribution < -0.4 is 4.74 Å². The van der Waals surface area contributed by atoms with Crippen molar-refractivity contribution in [3.63, 3.8) is 0 Å². The highest BCUT2D eigenvalue weighted by atomic mass is 35.5. The van der Waals surface area contributed by atoms with Crippen molar-refractivity contribution in [2.45, 2.75) is 32.8 Å². The van der Waals surface area contributed by atoms with E-state index in [0.717, 1.165) is 12.0 Å². The van der Waals surface area contributed by atoms with Gasteiger partial charge in [-0.2, -0.15) is 0 Å². The lowest BCUT2D eigenvalue weighted by Gasteiger charge is -2.21. The number of hydrogen-bond donors (Lipinski definition) is 0. The van der Waals surface area contributed by atoms with Crippen molar-refractivity contribution in [3.05, 3.63) is 46.7 Å². The Labute approximate surface area is 138 Å². The second kappa shape index (κ2) is 6.36. The first-order chi connectivity index (χ1) is 11.0. The largest absolute Gasteiger partial charge is 0.498 e. The molecule has 0 amide bonds. The third kappa shape index (κ3) is 2.88. The molecular weight excluding hydrogens is 322 g/mol. The molecule has 0 spiro atoms. The van der Waals surface area contributed by atoms with Crippen LogP contribution in [0.1, 0.15) is 32.3 Å². The fourth-order valence-corrected chi connectivity index (χ4v) is 3.04. The topological polar surface area (TPSA) is 18.5 Å². The van der Waals surface area contributed by atoms with Crippen molar-refractivity contribution < 1.29 is 18.3 Å². The van der Waals surface area contributed by atoms with Gasteiger partial charge in [0.25, 0.3) is 0 Å². The fourth-order valence-electron chi connectivity index (χ4n) is 2.74. The number of ether oxygens (including phenoxy) is 2. The van der Waals surface area contributed by atoms with Crippen molar-refractivity contribution in [1.82, 2.24) is 0 Å². The van der Waals surface area contributed by atoms with E-state index < -0.39 is 11.6 Å².